The molecule has 2 heterocycles. The molecule has 2 aromatic carbocycles. The Morgan fingerprint density at radius 2 is 1.75 bits per heavy atom. The first-order valence-electron chi connectivity index (χ1n) is 9.21. The van der Waals surface area contributed by atoms with E-state index in [2.05, 4.69) is 7.05 Å². The highest BCUT2D eigenvalue weighted by Crippen LogP contribution is 2.36. The summed E-state index contributed by atoms with van der Waals surface area (Å²) in [6.07, 6.45) is 1.45. The molecular formula is C21H20ClFN3OS+. The van der Waals surface area contributed by atoms with E-state index in [1.54, 1.807) is 41.3 Å². The van der Waals surface area contributed by atoms with Crippen molar-refractivity contribution in [2.24, 2.45) is 4.99 Å². The van der Waals surface area contributed by atoms with E-state index >= 15 is 0 Å². The molecule has 1 amide bonds. The number of nitrogens with one attached hydrogen (secondary N) is 1. The summed E-state index contributed by atoms with van der Waals surface area (Å²) in [5.74, 6) is -0.498. The molecule has 1 spiro atoms. The van der Waals surface area contributed by atoms with Crippen LogP contribution in [0.25, 0.3) is 0 Å². The number of carbonyl (C=O) groups excluding carboxylic acids is 1. The highest BCUT2D eigenvalue weighted by Gasteiger charge is 2.50. The number of benzene rings is 2. The van der Waals surface area contributed by atoms with Gasteiger partial charge in [-0.25, -0.2) is 4.39 Å². The Bertz CT molecular complexity index is 951. The van der Waals surface area contributed by atoms with Crippen molar-refractivity contribution >= 4 is 40.4 Å². The molecule has 0 aliphatic carbocycles. The van der Waals surface area contributed by atoms with E-state index in [0.29, 0.717) is 21.3 Å². The third-order valence-electron chi connectivity index (χ3n) is 5.46. The maximum absolute atomic E-state index is 13.4. The second-order valence-electron chi connectivity index (χ2n) is 7.36. The monoisotopic (exact) mass is 416 g/mol. The molecule has 0 unspecified atom stereocenters. The van der Waals surface area contributed by atoms with Gasteiger partial charge in [-0.05, 0) is 48.5 Å². The van der Waals surface area contributed by atoms with Gasteiger partial charge in [-0.2, -0.15) is 0 Å². The minimum absolute atomic E-state index is 0.179. The maximum atomic E-state index is 13.4. The second-order valence-corrected chi connectivity index (χ2v) is 8.18. The molecule has 0 aromatic heterocycles. The highest BCUT2D eigenvalue weighted by atomic mass is 35.5. The number of piperidine rings is 1. The van der Waals surface area contributed by atoms with E-state index in [0.717, 1.165) is 31.5 Å². The SMILES string of the molecule is C[NH+]1CCC2(CC1)N=C(c1ccc(F)cc1)C(=S)N2C(=O)c1ccc(Cl)cc1. The number of aliphatic imine (C=N–C) groups is 1. The molecule has 28 heavy (non-hydrogen) atoms. The minimum Gasteiger partial charge on any atom is -0.337 e. The number of carbonyl (C=O) groups is 1. The van der Waals surface area contributed by atoms with Gasteiger partial charge in [0.2, 0.25) is 0 Å². The van der Waals surface area contributed by atoms with Crippen LogP contribution in [0.2, 0.25) is 5.02 Å². The fourth-order valence-electron chi connectivity index (χ4n) is 3.81. The maximum Gasteiger partial charge on any atom is 0.260 e. The highest BCUT2D eigenvalue weighted by molar-refractivity contribution is 7.82. The third kappa shape index (κ3) is 3.36. The van der Waals surface area contributed by atoms with Gasteiger partial charge in [0.15, 0.2) is 5.66 Å². The van der Waals surface area contributed by atoms with Gasteiger partial charge in [0.25, 0.3) is 5.91 Å². The quantitative estimate of drug-likeness (QED) is 0.764. The fourth-order valence-corrected chi connectivity index (χ4v) is 4.35. The molecule has 0 bridgehead atoms. The zero-order valence-corrected chi connectivity index (χ0v) is 17.0. The van der Waals surface area contributed by atoms with Crippen LogP contribution in [0.15, 0.2) is 53.5 Å². The molecule has 0 atom stereocenters. The average Bonchev–Trinajstić information content (AvgIpc) is 2.97. The average molecular weight is 417 g/mol. The van der Waals surface area contributed by atoms with Gasteiger partial charge >= 0.3 is 0 Å². The number of halogens is 2. The van der Waals surface area contributed by atoms with Crippen molar-refractivity contribution in [2.45, 2.75) is 18.5 Å². The molecule has 4 rings (SSSR count). The van der Waals surface area contributed by atoms with E-state index in [1.165, 1.54) is 17.0 Å². The van der Waals surface area contributed by atoms with Crippen molar-refractivity contribution in [3.8, 4) is 0 Å². The van der Waals surface area contributed by atoms with Gasteiger partial charge in [-0.1, -0.05) is 23.8 Å². The summed E-state index contributed by atoms with van der Waals surface area (Å²) < 4.78 is 13.4. The first-order chi connectivity index (χ1) is 13.4. The van der Waals surface area contributed by atoms with Crippen LogP contribution < -0.4 is 4.90 Å². The van der Waals surface area contributed by atoms with Gasteiger partial charge in [0.05, 0.1) is 20.1 Å². The lowest BCUT2D eigenvalue weighted by molar-refractivity contribution is -0.886. The zero-order valence-electron chi connectivity index (χ0n) is 15.4. The number of nitrogens with zero attached hydrogens (tertiary/aromatic N) is 2. The van der Waals surface area contributed by atoms with Crippen molar-refractivity contribution in [1.29, 1.82) is 0 Å². The second kappa shape index (κ2) is 7.35. The van der Waals surface area contributed by atoms with Gasteiger partial charge in [0, 0.05) is 29.0 Å². The van der Waals surface area contributed by atoms with E-state index in [-0.39, 0.29) is 11.7 Å². The van der Waals surface area contributed by atoms with Crippen LogP contribution in [0.1, 0.15) is 28.8 Å². The number of hydrogen-bond donors (Lipinski definition) is 1. The van der Waals surface area contributed by atoms with Crippen LogP contribution in [0.3, 0.4) is 0 Å². The summed E-state index contributed by atoms with van der Waals surface area (Å²) in [5.41, 5.74) is 1.14. The molecule has 2 aliphatic rings. The summed E-state index contributed by atoms with van der Waals surface area (Å²) in [4.78, 5) is 21.8. The van der Waals surface area contributed by atoms with Crippen LogP contribution in [-0.2, 0) is 0 Å². The smallest absolute Gasteiger partial charge is 0.260 e. The number of rotatable bonds is 2. The predicted octanol–water partition coefficient (Wildman–Crippen LogP) is 2.76. The molecule has 1 N–H and O–H groups in total. The third-order valence-corrected chi connectivity index (χ3v) is 6.09. The van der Waals surface area contributed by atoms with Crippen molar-refractivity contribution in [2.75, 3.05) is 20.1 Å². The van der Waals surface area contributed by atoms with E-state index < -0.39 is 5.66 Å². The van der Waals surface area contributed by atoms with Crippen LogP contribution >= 0.6 is 23.8 Å². The van der Waals surface area contributed by atoms with Crippen molar-refractivity contribution < 1.29 is 14.1 Å². The number of likely N-dealkylation sites (tertiary alicyclic amines) is 1. The zero-order chi connectivity index (χ0) is 19.9. The predicted molar refractivity (Wildman–Crippen MR) is 112 cm³/mol. The lowest BCUT2D eigenvalue weighted by atomic mass is 9.95. The topological polar surface area (TPSA) is 37.1 Å². The van der Waals surface area contributed by atoms with Crippen LogP contribution in [0, 0.1) is 5.82 Å². The fraction of sp³-hybridized carbons (Fsp3) is 0.286. The van der Waals surface area contributed by atoms with Gasteiger partial charge in [0.1, 0.15) is 16.5 Å². The lowest BCUT2D eigenvalue weighted by Gasteiger charge is -2.39. The molecule has 1 fully saturated rings. The molecule has 2 aliphatic heterocycles. The molecule has 7 heteroatoms. The largest absolute Gasteiger partial charge is 0.337 e. The molecule has 0 radical (unpaired) electrons. The lowest BCUT2D eigenvalue weighted by Crippen LogP contribution is -3.10. The van der Waals surface area contributed by atoms with E-state index in [4.69, 9.17) is 28.8 Å². The Kier molecular flexibility index (Phi) is 5.04. The number of amides is 1. The summed E-state index contributed by atoms with van der Waals surface area (Å²) in [6, 6.07) is 12.9. The van der Waals surface area contributed by atoms with Crippen molar-refractivity contribution in [1.82, 2.24) is 4.90 Å². The summed E-state index contributed by atoms with van der Waals surface area (Å²) in [6.45, 7) is 1.79. The normalized spacial score (nSPS) is 24.5. The molecule has 1 saturated heterocycles. The van der Waals surface area contributed by atoms with E-state index in [1.807, 2.05) is 0 Å². The Labute approximate surface area is 173 Å². The Balaban J connectivity index is 1.76. The molecule has 4 nitrogen and oxygen atoms in total. The van der Waals surface area contributed by atoms with Crippen LogP contribution in [0.5, 0.6) is 0 Å². The molecule has 2 aromatic rings. The van der Waals surface area contributed by atoms with E-state index in [9.17, 15) is 9.18 Å². The number of quaternary nitrogens is 1. The first-order valence-corrected chi connectivity index (χ1v) is 10.00. The molecule has 144 valence electrons. The first kappa shape index (κ1) is 19.2. The minimum atomic E-state index is -0.683. The summed E-state index contributed by atoms with van der Waals surface area (Å²) >= 11 is 11.7. The number of thiocarbonyl (C=S) groups is 1. The number of hydrogen-bond acceptors (Lipinski definition) is 3. The van der Waals surface area contributed by atoms with Gasteiger partial charge < -0.3 is 4.90 Å². The Hall–Kier alpha value is -2.15. The van der Waals surface area contributed by atoms with Gasteiger partial charge in [-0.3, -0.25) is 14.7 Å². The molecule has 0 saturated carbocycles. The Morgan fingerprint density at radius 1 is 1.14 bits per heavy atom. The van der Waals surface area contributed by atoms with Crippen molar-refractivity contribution in [3.63, 3.8) is 0 Å². The van der Waals surface area contributed by atoms with Crippen molar-refractivity contribution in [3.05, 3.63) is 70.5 Å². The Morgan fingerprint density at radius 3 is 2.36 bits per heavy atom. The van der Waals surface area contributed by atoms with Crippen LogP contribution in [0.4, 0.5) is 4.39 Å². The van der Waals surface area contributed by atoms with Gasteiger partial charge in [-0.15, -0.1) is 0 Å². The molecular weight excluding hydrogens is 397 g/mol. The summed E-state index contributed by atoms with van der Waals surface area (Å²) in [7, 11) is 2.14. The summed E-state index contributed by atoms with van der Waals surface area (Å²) in [5, 5.41) is 0.571. The standard InChI is InChI=1S/C21H19ClFN3OS/c1-25-12-10-21(11-13-25)24-18(14-4-8-17(23)9-5-14)20(28)26(21)19(27)15-2-6-16(22)7-3-15/h2-9H,10-13H2,1H3/p+1. The van der Waals surface area contributed by atoms with Crippen LogP contribution in [-0.4, -0.2) is 47.3 Å².